The Morgan fingerprint density at radius 2 is 1.95 bits per heavy atom. The minimum absolute atomic E-state index is 0.176. The Labute approximate surface area is 129 Å². The summed E-state index contributed by atoms with van der Waals surface area (Å²) in [5.41, 5.74) is 1.37. The molecule has 1 fully saturated rings. The topological polar surface area (TPSA) is 50.3 Å². The van der Waals surface area contributed by atoms with Crippen molar-refractivity contribution in [2.75, 3.05) is 6.54 Å². The molecular formula is C16H17FN2O2S. The van der Waals surface area contributed by atoms with E-state index in [9.17, 15) is 12.8 Å². The Morgan fingerprint density at radius 1 is 1.23 bits per heavy atom. The zero-order chi connectivity index (χ0) is 15.7. The molecule has 1 aromatic heterocycles. The van der Waals surface area contributed by atoms with Crippen LogP contribution in [-0.2, 0) is 10.0 Å². The van der Waals surface area contributed by atoms with E-state index in [1.54, 1.807) is 19.3 Å². The predicted octanol–water partition coefficient (Wildman–Crippen LogP) is 3.05. The monoisotopic (exact) mass is 320 g/mol. The molecule has 1 unspecified atom stereocenters. The van der Waals surface area contributed by atoms with Gasteiger partial charge in [0.2, 0.25) is 10.0 Å². The van der Waals surface area contributed by atoms with Crippen LogP contribution in [0.3, 0.4) is 0 Å². The van der Waals surface area contributed by atoms with Crippen molar-refractivity contribution in [2.24, 2.45) is 0 Å². The second-order valence-corrected chi connectivity index (χ2v) is 7.32. The lowest BCUT2D eigenvalue weighted by molar-refractivity contribution is 0.396. The molecule has 22 heavy (non-hydrogen) atoms. The van der Waals surface area contributed by atoms with E-state index >= 15 is 0 Å². The lowest BCUT2D eigenvalue weighted by atomic mass is 10.1. The molecule has 0 radical (unpaired) electrons. The fraction of sp³-hybridized carbons (Fsp3) is 0.312. The normalized spacial score (nSPS) is 19.5. The predicted molar refractivity (Wildman–Crippen MR) is 81.2 cm³/mol. The minimum atomic E-state index is -3.64. The number of rotatable bonds is 3. The van der Waals surface area contributed by atoms with Gasteiger partial charge in [0.15, 0.2) is 0 Å². The van der Waals surface area contributed by atoms with E-state index in [1.807, 2.05) is 12.1 Å². The largest absolute Gasteiger partial charge is 0.265 e. The fourth-order valence-electron chi connectivity index (χ4n) is 2.98. The van der Waals surface area contributed by atoms with Crippen molar-refractivity contribution in [3.05, 3.63) is 59.7 Å². The number of nitrogens with zero attached hydrogens (tertiary/aromatic N) is 2. The number of aryl methyl sites for hydroxylation is 1. The maximum atomic E-state index is 13.2. The molecule has 1 aliphatic heterocycles. The third kappa shape index (κ3) is 2.64. The number of hydrogen-bond donors (Lipinski definition) is 0. The van der Waals surface area contributed by atoms with E-state index in [2.05, 4.69) is 4.98 Å². The zero-order valence-electron chi connectivity index (χ0n) is 12.2. The quantitative estimate of drug-likeness (QED) is 0.873. The molecule has 0 saturated carbocycles. The molecule has 0 aliphatic carbocycles. The second kappa shape index (κ2) is 5.78. The summed E-state index contributed by atoms with van der Waals surface area (Å²) in [6.45, 7) is 2.10. The first-order valence-electron chi connectivity index (χ1n) is 7.18. The summed E-state index contributed by atoms with van der Waals surface area (Å²) in [6, 6.07) is 7.30. The van der Waals surface area contributed by atoms with Gasteiger partial charge < -0.3 is 0 Å². The zero-order valence-corrected chi connectivity index (χ0v) is 13.1. The molecule has 3 rings (SSSR count). The summed E-state index contributed by atoms with van der Waals surface area (Å²) in [5.74, 6) is -0.427. The van der Waals surface area contributed by atoms with E-state index in [1.165, 1.54) is 22.5 Å². The van der Waals surface area contributed by atoms with Crippen molar-refractivity contribution in [2.45, 2.75) is 30.7 Å². The average Bonchev–Trinajstić information content (AvgIpc) is 2.98. The van der Waals surface area contributed by atoms with Crippen LogP contribution >= 0.6 is 0 Å². The summed E-state index contributed by atoms with van der Waals surface area (Å²) < 4.78 is 40.6. The van der Waals surface area contributed by atoms with Gasteiger partial charge in [0.05, 0.1) is 10.9 Å². The Hall–Kier alpha value is -1.79. The van der Waals surface area contributed by atoms with Crippen LogP contribution in [0.4, 0.5) is 4.39 Å². The van der Waals surface area contributed by atoms with Gasteiger partial charge in [0, 0.05) is 18.9 Å². The molecule has 0 N–H and O–H groups in total. The fourth-order valence-corrected chi connectivity index (χ4v) is 4.87. The molecule has 116 valence electrons. The third-order valence-electron chi connectivity index (χ3n) is 4.02. The number of halogens is 1. The van der Waals surface area contributed by atoms with Crippen molar-refractivity contribution in [3.8, 4) is 0 Å². The van der Waals surface area contributed by atoms with Gasteiger partial charge in [-0.2, -0.15) is 4.31 Å². The van der Waals surface area contributed by atoms with Gasteiger partial charge in [-0.1, -0.05) is 0 Å². The molecule has 1 aromatic carbocycles. The molecule has 0 bridgehead atoms. The van der Waals surface area contributed by atoms with Gasteiger partial charge in [-0.3, -0.25) is 4.98 Å². The SMILES string of the molecule is Cc1cc(F)ccc1S(=O)(=O)N1CCCC1c1ccncc1. The van der Waals surface area contributed by atoms with Crippen LogP contribution in [0.1, 0.15) is 30.0 Å². The molecule has 4 nitrogen and oxygen atoms in total. The molecular weight excluding hydrogens is 303 g/mol. The van der Waals surface area contributed by atoms with Crippen LogP contribution in [0.2, 0.25) is 0 Å². The van der Waals surface area contributed by atoms with Gasteiger partial charge in [0.1, 0.15) is 5.82 Å². The number of sulfonamides is 1. The van der Waals surface area contributed by atoms with Crippen LogP contribution < -0.4 is 0 Å². The summed E-state index contributed by atoms with van der Waals surface area (Å²) in [5, 5.41) is 0. The number of aromatic nitrogens is 1. The summed E-state index contributed by atoms with van der Waals surface area (Å²) in [6.07, 6.45) is 4.93. The van der Waals surface area contributed by atoms with Crippen LogP contribution in [0.5, 0.6) is 0 Å². The lowest BCUT2D eigenvalue weighted by Gasteiger charge is -2.25. The van der Waals surface area contributed by atoms with E-state index in [-0.39, 0.29) is 10.9 Å². The summed E-state index contributed by atoms with van der Waals surface area (Å²) in [7, 11) is -3.64. The first-order chi connectivity index (χ1) is 10.5. The molecule has 0 spiro atoms. The van der Waals surface area contributed by atoms with Gasteiger partial charge in [-0.15, -0.1) is 0 Å². The Bertz CT molecular complexity index is 778. The van der Waals surface area contributed by atoms with Crippen molar-refractivity contribution >= 4 is 10.0 Å². The average molecular weight is 320 g/mol. The van der Waals surface area contributed by atoms with E-state index < -0.39 is 15.8 Å². The maximum absolute atomic E-state index is 13.2. The van der Waals surface area contributed by atoms with Crippen LogP contribution in [-0.4, -0.2) is 24.3 Å². The summed E-state index contributed by atoms with van der Waals surface area (Å²) in [4.78, 5) is 4.15. The molecule has 1 aliphatic rings. The van der Waals surface area contributed by atoms with Gasteiger partial charge >= 0.3 is 0 Å². The Kier molecular flexibility index (Phi) is 3.97. The van der Waals surface area contributed by atoms with Crippen LogP contribution in [0.25, 0.3) is 0 Å². The number of pyridine rings is 1. The van der Waals surface area contributed by atoms with Gasteiger partial charge in [-0.25, -0.2) is 12.8 Å². The van der Waals surface area contributed by atoms with Crippen LogP contribution in [0, 0.1) is 12.7 Å². The van der Waals surface area contributed by atoms with Crippen molar-refractivity contribution in [1.29, 1.82) is 0 Å². The third-order valence-corrected chi connectivity index (χ3v) is 6.09. The first-order valence-corrected chi connectivity index (χ1v) is 8.62. The summed E-state index contributed by atoms with van der Waals surface area (Å²) >= 11 is 0. The Balaban J connectivity index is 2.01. The van der Waals surface area contributed by atoms with E-state index in [0.717, 1.165) is 18.4 Å². The smallest absolute Gasteiger partial charge is 0.243 e. The lowest BCUT2D eigenvalue weighted by Crippen LogP contribution is -2.31. The van der Waals surface area contributed by atoms with Crippen molar-refractivity contribution < 1.29 is 12.8 Å². The molecule has 0 amide bonds. The molecule has 1 saturated heterocycles. The second-order valence-electron chi connectivity index (χ2n) is 5.46. The van der Waals surface area contributed by atoms with Crippen molar-refractivity contribution in [3.63, 3.8) is 0 Å². The first kappa shape index (κ1) is 15.1. The molecule has 2 heterocycles. The minimum Gasteiger partial charge on any atom is -0.265 e. The maximum Gasteiger partial charge on any atom is 0.243 e. The molecule has 2 aromatic rings. The van der Waals surface area contributed by atoms with Crippen LogP contribution in [0.15, 0.2) is 47.6 Å². The van der Waals surface area contributed by atoms with Crippen molar-refractivity contribution in [1.82, 2.24) is 9.29 Å². The van der Waals surface area contributed by atoms with Gasteiger partial charge in [0.25, 0.3) is 0 Å². The number of hydrogen-bond acceptors (Lipinski definition) is 3. The van der Waals surface area contributed by atoms with Gasteiger partial charge in [-0.05, 0) is 61.2 Å². The highest BCUT2D eigenvalue weighted by Crippen LogP contribution is 2.36. The number of benzene rings is 1. The highest BCUT2D eigenvalue weighted by molar-refractivity contribution is 7.89. The highest BCUT2D eigenvalue weighted by atomic mass is 32.2. The standard InChI is InChI=1S/C16H17FN2O2S/c1-12-11-14(17)4-5-16(12)22(20,21)19-10-2-3-15(19)13-6-8-18-9-7-13/h4-9,11,15H,2-3,10H2,1H3. The Morgan fingerprint density at radius 3 is 2.64 bits per heavy atom. The molecule has 1 atom stereocenters. The highest BCUT2D eigenvalue weighted by Gasteiger charge is 2.36. The van der Waals surface area contributed by atoms with E-state index in [4.69, 9.17) is 0 Å². The van der Waals surface area contributed by atoms with E-state index in [0.29, 0.717) is 12.1 Å². The molecule has 6 heteroatoms.